The molecule has 8 heteroatoms. The lowest BCUT2D eigenvalue weighted by Crippen LogP contribution is -2.52. The van der Waals surface area contributed by atoms with Crippen molar-refractivity contribution in [2.75, 3.05) is 20.1 Å². The molecule has 0 saturated carbocycles. The molecular weight excluding hydrogens is 441 g/mol. The second-order valence-electron chi connectivity index (χ2n) is 7.29. The molecule has 2 aromatic carbocycles. The molecule has 158 valence electrons. The summed E-state index contributed by atoms with van der Waals surface area (Å²) in [6, 6.07) is 10.9. The molecule has 1 heterocycles. The molecule has 1 saturated heterocycles. The van der Waals surface area contributed by atoms with Crippen LogP contribution in [-0.2, 0) is 16.8 Å². The van der Waals surface area contributed by atoms with Gasteiger partial charge in [0.2, 0.25) is 5.91 Å². The zero-order chi connectivity index (χ0) is 20.3. The van der Waals surface area contributed by atoms with Gasteiger partial charge in [0.25, 0.3) is 0 Å². The van der Waals surface area contributed by atoms with Crippen LogP contribution in [-0.4, -0.2) is 37.1 Å². The Kier molecular flexibility index (Phi) is 8.29. The highest BCUT2D eigenvalue weighted by Crippen LogP contribution is 2.39. The van der Waals surface area contributed by atoms with Crippen LogP contribution in [0.1, 0.15) is 24.0 Å². The summed E-state index contributed by atoms with van der Waals surface area (Å²) in [5.41, 5.74) is 0.470. The van der Waals surface area contributed by atoms with E-state index in [4.69, 9.17) is 23.2 Å². The first-order chi connectivity index (χ1) is 13.3. The number of benzene rings is 2. The van der Waals surface area contributed by atoms with E-state index in [1.54, 1.807) is 42.3 Å². The molecule has 1 fully saturated rings. The number of hydrogen-bond acceptors (Lipinski definition) is 2. The lowest BCUT2D eigenvalue weighted by atomic mass is 9.69. The predicted molar refractivity (Wildman–Crippen MR) is 115 cm³/mol. The van der Waals surface area contributed by atoms with Gasteiger partial charge in [0.15, 0.2) is 0 Å². The van der Waals surface area contributed by atoms with Gasteiger partial charge in [0.05, 0.1) is 0 Å². The van der Waals surface area contributed by atoms with Crippen LogP contribution < -0.4 is 5.32 Å². The first-order valence-corrected chi connectivity index (χ1v) is 9.85. The summed E-state index contributed by atoms with van der Waals surface area (Å²) in [5.74, 6) is -0.575. The van der Waals surface area contributed by atoms with Crippen LogP contribution in [0.25, 0.3) is 0 Å². The molecule has 1 aliphatic rings. The normalized spacial score (nSPS) is 21.3. The van der Waals surface area contributed by atoms with E-state index in [1.165, 1.54) is 12.1 Å². The highest BCUT2D eigenvalue weighted by atomic mass is 35.5. The van der Waals surface area contributed by atoms with Crippen LogP contribution in [0.3, 0.4) is 0 Å². The Labute approximate surface area is 185 Å². The third-order valence-electron chi connectivity index (χ3n) is 5.32. The van der Waals surface area contributed by atoms with E-state index in [-0.39, 0.29) is 37.1 Å². The van der Waals surface area contributed by atoms with Crippen molar-refractivity contribution in [2.24, 2.45) is 0 Å². The van der Waals surface area contributed by atoms with Crippen molar-refractivity contribution in [1.29, 1.82) is 0 Å². The van der Waals surface area contributed by atoms with E-state index < -0.39 is 11.6 Å². The number of alkyl halides is 1. The fourth-order valence-electron chi connectivity index (χ4n) is 3.77. The first-order valence-electron chi connectivity index (χ1n) is 9.10. The van der Waals surface area contributed by atoms with Crippen LogP contribution in [0, 0.1) is 5.82 Å². The fourth-order valence-corrected chi connectivity index (χ4v) is 4.34. The monoisotopic (exact) mass is 462 g/mol. The average molecular weight is 464 g/mol. The summed E-state index contributed by atoms with van der Waals surface area (Å²) in [4.78, 5) is 14.5. The quantitative estimate of drug-likeness (QED) is 0.663. The van der Waals surface area contributed by atoms with Gasteiger partial charge < -0.3 is 10.2 Å². The Morgan fingerprint density at radius 3 is 2.41 bits per heavy atom. The maximum absolute atomic E-state index is 15.1. The molecule has 1 N–H and O–H groups in total. The van der Waals surface area contributed by atoms with E-state index in [9.17, 15) is 9.18 Å². The Balaban J connectivity index is 0.00000300. The summed E-state index contributed by atoms with van der Waals surface area (Å²) >= 11 is 12.1. The second kappa shape index (κ2) is 10.1. The minimum Gasteiger partial charge on any atom is -0.341 e. The molecule has 1 amide bonds. The van der Waals surface area contributed by atoms with Crippen LogP contribution in [0.4, 0.5) is 8.78 Å². The third kappa shape index (κ3) is 5.60. The largest absolute Gasteiger partial charge is 0.341 e. The Bertz CT molecular complexity index is 830. The number of rotatable bonds is 5. The molecule has 3 nitrogen and oxygen atoms in total. The Hall–Kier alpha value is -1.40. The maximum Gasteiger partial charge on any atom is 0.223 e. The molecule has 0 spiro atoms. The van der Waals surface area contributed by atoms with Crippen LogP contribution >= 0.6 is 35.6 Å². The van der Waals surface area contributed by atoms with Crippen LogP contribution in [0.2, 0.25) is 10.0 Å². The van der Waals surface area contributed by atoms with Gasteiger partial charge in [-0.3, -0.25) is 4.79 Å². The van der Waals surface area contributed by atoms with Gasteiger partial charge in [0.1, 0.15) is 12.0 Å². The summed E-state index contributed by atoms with van der Waals surface area (Å²) < 4.78 is 28.5. The van der Waals surface area contributed by atoms with Crippen molar-refractivity contribution in [3.63, 3.8) is 0 Å². The molecule has 2 unspecified atom stereocenters. The minimum atomic E-state index is -1.25. The fraction of sp³-hybridized carbons (Fsp3) is 0.381. The van der Waals surface area contributed by atoms with Crippen LogP contribution in [0.15, 0.2) is 42.5 Å². The molecule has 3 rings (SSSR count). The number of nitrogens with one attached hydrogen (secondary N) is 1. The number of hydrogen-bond donors (Lipinski definition) is 1. The maximum atomic E-state index is 15.1. The first kappa shape index (κ1) is 23.9. The van der Waals surface area contributed by atoms with Gasteiger partial charge in [-0.05, 0) is 54.4 Å². The van der Waals surface area contributed by atoms with Gasteiger partial charge in [0, 0.05) is 42.0 Å². The minimum absolute atomic E-state index is 0. The number of piperidine rings is 1. The molecule has 0 bridgehead atoms. The van der Waals surface area contributed by atoms with E-state index in [2.05, 4.69) is 5.32 Å². The number of amides is 1. The summed E-state index contributed by atoms with van der Waals surface area (Å²) in [7, 11) is 1.67. The molecule has 0 radical (unpaired) electrons. The van der Waals surface area contributed by atoms with Gasteiger partial charge in [-0.15, -0.1) is 12.4 Å². The standard InChI is InChI=1S/C21H22Cl2F2N2O.ClH/c1-27(13-14-8-16(22)10-17(23)9-14)20(28)11-21(6-7-26-12-19(21)25)15-2-4-18(24)5-3-15;/h2-5,8-10,19,26H,6-7,11-13H2,1H3;1H. The van der Waals surface area contributed by atoms with E-state index in [1.807, 2.05) is 0 Å². The lowest BCUT2D eigenvalue weighted by molar-refractivity contribution is -0.133. The molecule has 29 heavy (non-hydrogen) atoms. The van der Waals surface area contributed by atoms with Crippen molar-refractivity contribution in [3.8, 4) is 0 Å². The van der Waals surface area contributed by atoms with E-state index in [0.717, 1.165) is 5.56 Å². The summed E-state index contributed by atoms with van der Waals surface area (Å²) in [5, 5.41) is 4.01. The topological polar surface area (TPSA) is 32.3 Å². The number of nitrogens with zero attached hydrogens (tertiary/aromatic N) is 1. The molecule has 0 aliphatic carbocycles. The summed E-state index contributed by atoms with van der Waals surface area (Å²) in [6.07, 6.45) is -0.779. The molecule has 1 aliphatic heterocycles. The van der Waals surface area contributed by atoms with Gasteiger partial charge in [-0.2, -0.15) is 0 Å². The van der Waals surface area contributed by atoms with E-state index in [0.29, 0.717) is 35.1 Å². The highest BCUT2D eigenvalue weighted by molar-refractivity contribution is 6.34. The molecule has 2 atom stereocenters. The zero-order valence-electron chi connectivity index (χ0n) is 15.9. The number of halogens is 5. The summed E-state index contributed by atoms with van der Waals surface area (Å²) in [6.45, 7) is 1.07. The van der Waals surface area contributed by atoms with Crippen molar-refractivity contribution < 1.29 is 13.6 Å². The zero-order valence-corrected chi connectivity index (χ0v) is 18.3. The number of carbonyl (C=O) groups is 1. The van der Waals surface area contributed by atoms with Gasteiger partial charge in [-0.1, -0.05) is 35.3 Å². The van der Waals surface area contributed by atoms with Crippen molar-refractivity contribution in [1.82, 2.24) is 10.2 Å². The van der Waals surface area contributed by atoms with Gasteiger partial charge in [-0.25, -0.2) is 8.78 Å². The smallest absolute Gasteiger partial charge is 0.223 e. The van der Waals surface area contributed by atoms with Crippen molar-refractivity contribution >= 4 is 41.5 Å². The average Bonchev–Trinajstić information content (AvgIpc) is 2.63. The molecule has 0 aromatic heterocycles. The van der Waals surface area contributed by atoms with E-state index >= 15 is 4.39 Å². The SMILES string of the molecule is CN(Cc1cc(Cl)cc(Cl)c1)C(=O)CC1(c2ccc(F)cc2)CCNCC1F.Cl. The number of carbonyl (C=O) groups excluding carboxylic acids is 1. The van der Waals surface area contributed by atoms with Gasteiger partial charge >= 0.3 is 0 Å². The predicted octanol–water partition coefficient (Wildman–Crippen LogP) is 5.17. The molecule has 2 aromatic rings. The third-order valence-corrected chi connectivity index (χ3v) is 5.76. The molecular formula is C21H23Cl3F2N2O. The Morgan fingerprint density at radius 2 is 1.83 bits per heavy atom. The highest BCUT2D eigenvalue weighted by Gasteiger charge is 2.44. The second-order valence-corrected chi connectivity index (χ2v) is 8.16. The van der Waals surface area contributed by atoms with Crippen LogP contribution in [0.5, 0.6) is 0 Å². The Morgan fingerprint density at radius 1 is 1.21 bits per heavy atom. The van der Waals surface area contributed by atoms with Crippen molar-refractivity contribution in [3.05, 3.63) is 69.5 Å². The van der Waals surface area contributed by atoms with Crippen molar-refractivity contribution in [2.45, 2.75) is 31.0 Å². The lowest BCUT2D eigenvalue weighted by Gasteiger charge is -2.41.